The van der Waals surface area contributed by atoms with E-state index in [1.165, 1.54) is 7.11 Å². The lowest BCUT2D eigenvalue weighted by Gasteiger charge is -2.12. The number of carbonyl (C=O) groups is 1. The number of amides is 1. The quantitative estimate of drug-likeness (QED) is 0.931. The molecule has 2 aromatic carbocycles. The lowest BCUT2D eigenvalue weighted by atomic mass is 10.1. The second-order valence-corrected chi connectivity index (χ2v) is 4.84. The molecule has 4 nitrogen and oxygen atoms in total. The molecule has 5 heteroatoms. The fourth-order valence-electron chi connectivity index (χ4n) is 1.92. The highest BCUT2D eigenvalue weighted by molar-refractivity contribution is 6.31. The summed E-state index contributed by atoms with van der Waals surface area (Å²) in [6.45, 7) is 1.85. The van der Waals surface area contributed by atoms with Crippen LogP contribution in [0.5, 0.6) is 11.5 Å². The van der Waals surface area contributed by atoms with Gasteiger partial charge in [-0.1, -0.05) is 17.7 Å². The Morgan fingerprint density at radius 1 is 1.14 bits per heavy atom. The van der Waals surface area contributed by atoms with Gasteiger partial charge in [-0.25, -0.2) is 0 Å². The molecule has 0 saturated heterocycles. The maximum Gasteiger partial charge on any atom is 0.259 e. The summed E-state index contributed by atoms with van der Waals surface area (Å²) in [7, 11) is 3.07. The van der Waals surface area contributed by atoms with Crippen molar-refractivity contribution in [2.24, 2.45) is 0 Å². The summed E-state index contributed by atoms with van der Waals surface area (Å²) in [5.74, 6) is 0.814. The number of ether oxygens (including phenoxy) is 2. The average Bonchev–Trinajstić information content (AvgIpc) is 2.51. The molecule has 0 aromatic heterocycles. The van der Waals surface area contributed by atoms with Gasteiger partial charge >= 0.3 is 0 Å². The van der Waals surface area contributed by atoms with Crippen LogP contribution < -0.4 is 14.8 Å². The molecular formula is C16H16ClNO3. The van der Waals surface area contributed by atoms with E-state index in [2.05, 4.69) is 5.32 Å². The third-order valence-corrected chi connectivity index (χ3v) is 3.58. The van der Waals surface area contributed by atoms with Gasteiger partial charge in [0.25, 0.3) is 5.91 Å². The summed E-state index contributed by atoms with van der Waals surface area (Å²) >= 11 is 6.05. The standard InChI is InChI=1S/C16H16ClNO3/c1-10-13(17)5-4-6-14(10)18-16(19)12-8-7-11(20-2)9-15(12)21-3/h4-9H,1-3H3,(H,18,19). The first-order valence-corrected chi connectivity index (χ1v) is 6.73. The summed E-state index contributed by atoms with van der Waals surface area (Å²) in [6.07, 6.45) is 0. The SMILES string of the molecule is COc1ccc(C(=O)Nc2cccc(Cl)c2C)c(OC)c1. The molecule has 0 bridgehead atoms. The summed E-state index contributed by atoms with van der Waals surface area (Å²) in [4.78, 5) is 12.4. The van der Waals surface area contributed by atoms with E-state index in [9.17, 15) is 4.79 Å². The molecular weight excluding hydrogens is 290 g/mol. The molecule has 1 N–H and O–H groups in total. The van der Waals surface area contributed by atoms with Crippen molar-refractivity contribution < 1.29 is 14.3 Å². The number of rotatable bonds is 4. The molecule has 0 saturated carbocycles. The van der Waals surface area contributed by atoms with Crippen LogP contribution in [0, 0.1) is 6.92 Å². The van der Waals surface area contributed by atoms with Gasteiger partial charge in [-0.3, -0.25) is 4.79 Å². The van der Waals surface area contributed by atoms with Gasteiger partial charge in [-0.15, -0.1) is 0 Å². The number of anilines is 1. The molecule has 1 amide bonds. The Bertz CT molecular complexity index is 671. The molecule has 0 aliphatic rings. The zero-order valence-corrected chi connectivity index (χ0v) is 12.8. The molecule has 0 fully saturated rings. The lowest BCUT2D eigenvalue weighted by molar-refractivity contribution is 0.102. The molecule has 21 heavy (non-hydrogen) atoms. The van der Waals surface area contributed by atoms with E-state index < -0.39 is 0 Å². The van der Waals surface area contributed by atoms with Crippen LogP contribution in [0.1, 0.15) is 15.9 Å². The highest BCUT2D eigenvalue weighted by Crippen LogP contribution is 2.27. The van der Waals surface area contributed by atoms with E-state index in [4.69, 9.17) is 21.1 Å². The zero-order chi connectivity index (χ0) is 15.4. The summed E-state index contributed by atoms with van der Waals surface area (Å²) in [5, 5.41) is 3.44. The summed E-state index contributed by atoms with van der Waals surface area (Å²) in [5.41, 5.74) is 1.92. The van der Waals surface area contributed by atoms with Crippen molar-refractivity contribution in [2.75, 3.05) is 19.5 Å². The van der Waals surface area contributed by atoms with Crippen LogP contribution in [-0.2, 0) is 0 Å². The number of nitrogens with one attached hydrogen (secondary N) is 1. The van der Waals surface area contributed by atoms with Crippen LogP contribution in [0.25, 0.3) is 0 Å². The Morgan fingerprint density at radius 3 is 2.57 bits per heavy atom. The number of hydrogen-bond donors (Lipinski definition) is 1. The van der Waals surface area contributed by atoms with Crippen LogP contribution >= 0.6 is 11.6 Å². The van der Waals surface area contributed by atoms with Gasteiger partial charge in [0.2, 0.25) is 0 Å². The Labute approximate surface area is 128 Å². The summed E-state index contributed by atoms with van der Waals surface area (Å²) < 4.78 is 10.3. The molecule has 0 spiro atoms. The monoisotopic (exact) mass is 305 g/mol. The normalized spacial score (nSPS) is 10.1. The fourth-order valence-corrected chi connectivity index (χ4v) is 2.09. The van der Waals surface area contributed by atoms with E-state index in [0.717, 1.165) is 5.56 Å². The molecule has 0 aliphatic carbocycles. The highest BCUT2D eigenvalue weighted by atomic mass is 35.5. The Kier molecular flexibility index (Phi) is 4.70. The first kappa shape index (κ1) is 15.2. The third-order valence-electron chi connectivity index (χ3n) is 3.17. The number of halogens is 1. The number of methoxy groups -OCH3 is 2. The van der Waals surface area contributed by atoms with Crippen molar-refractivity contribution >= 4 is 23.2 Å². The van der Waals surface area contributed by atoms with Crippen molar-refractivity contribution in [1.29, 1.82) is 0 Å². The van der Waals surface area contributed by atoms with Crippen molar-refractivity contribution in [3.8, 4) is 11.5 Å². The lowest BCUT2D eigenvalue weighted by Crippen LogP contribution is -2.14. The molecule has 0 atom stereocenters. The van der Waals surface area contributed by atoms with Gasteiger partial charge in [-0.05, 0) is 36.8 Å². The van der Waals surface area contributed by atoms with Gasteiger partial charge in [0.15, 0.2) is 0 Å². The van der Waals surface area contributed by atoms with E-state index in [1.807, 2.05) is 6.92 Å². The molecule has 0 unspecified atom stereocenters. The topological polar surface area (TPSA) is 47.6 Å². The van der Waals surface area contributed by atoms with Crippen LogP contribution in [0.15, 0.2) is 36.4 Å². The van der Waals surface area contributed by atoms with Crippen molar-refractivity contribution in [1.82, 2.24) is 0 Å². The number of benzene rings is 2. The van der Waals surface area contributed by atoms with Gasteiger partial charge in [-0.2, -0.15) is 0 Å². The van der Waals surface area contributed by atoms with Gasteiger partial charge in [0.1, 0.15) is 11.5 Å². The molecule has 0 radical (unpaired) electrons. The largest absolute Gasteiger partial charge is 0.497 e. The smallest absolute Gasteiger partial charge is 0.259 e. The van der Waals surface area contributed by atoms with E-state index in [1.54, 1.807) is 43.5 Å². The Morgan fingerprint density at radius 2 is 1.90 bits per heavy atom. The van der Waals surface area contributed by atoms with Crippen molar-refractivity contribution in [2.45, 2.75) is 6.92 Å². The van der Waals surface area contributed by atoms with Crippen molar-refractivity contribution in [3.05, 3.63) is 52.5 Å². The summed E-state index contributed by atoms with van der Waals surface area (Å²) in [6, 6.07) is 10.4. The molecule has 0 heterocycles. The minimum absolute atomic E-state index is 0.264. The van der Waals surface area contributed by atoms with Gasteiger partial charge in [0.05, 0.1) is 19.8 Å². The first-order chi connectivity index (χ1) is 10.1. The molecule has 2 rings (SSSR count). The number of carbonyl (C=O) groups excluding carboxylic acids is 1. The minimum atomic E-state index is -0.264. The van der Waals surface area contributed by atoms with Gasteiger partial charge in [0, 0.05) is 16.8 Å². The Hall–Kier alpha value is -2.20. The predicted molar refractivity (Wildman–Crippen MR) is 83.7 cm³/mol. The van der Waals surface area contributed by atoms with Crippen LogP contribution in [0.2, 0.25) is 5.02 Å². The minimum Gasteiger partial charge on any atom is -0.497 e. The second kappa shape index (κ2) is 6.50. The van der Waals surface area contributed by atoms with Gasteiger partial charge < -0.3 is 14.8 Å². The van der Waals surface area contributed by atoms with Crippen LogP contribution in [0.3, 0.4) is 0 Å². The Balaban J connectivity index is 2.30. The highest BCUT2D eigenvalue weighted by Gasteiger charge is 2.14. The van der Waals surface area contributed by atoms with E-state index in [0.29, 0.717) is 27.8 Å². The van der Waals surface area contributed by atoms with E-state index in [-0.39, 0.29) is 5.91 Å². The van der Waals surface area contributed by atoms with Crippen LogP contribution in [0.4, 0.5) is 5.69 Å². The molecule has 2 aromatic rings. The zero-order valence-electron chi connectivity index (χ0n) is 12.1. The number of hydrogen-bond acceptors (Lipinski definition) is 3. The van der Waals surface area contributed by atoms with Crippen LogP contribution in [-0.4, -0.2) is 20.1 Å². The third kappa shape index (κ3) is 3.28. The maximum absolute atomic E-state index is 12.4. The van der Waals surface area contributed by atoms with Crippen molar-refractivity contribution in [3.63, 3.8) is 0 Å². The predicted octanol–water partition coefficient (Wildman–Crippen LogP) is 3.92. The fraction of sp³-hybridized carbons (Fsp3) is 0.188. The molecule has 0 aliphatic heterocycles. The first-order valence-electron chi connectivity index (χ1n) is 6.35. The average molecular weight is 306 g/mol. The second-order valence-electron chi connectivity index (χ2n) is 4.43. The van der Waals surface area contributed by atoms with E-state index >= 15 is 0 Å². The molecule has 110 valence electrons. The maximum atomic E-state index is 12.4.